The van der Waals surface area contributed by atoms with E-state index < -0.39 is 5.91 Å². The van der Waals surface area contributed by atoms with Gasteiger partial charge in [0.15, 0.2) is 0 Å². The quantitative estimate of drug-likeness (QED) is 0.867. The fraction of sp³-hybridized carbons (Fsp3) is 0.167. The summed E-state index contributed by atoms with van der Waals surface area (Å²) in [4.78, 5) is 11.0. The van der Waals surface area contributed by atoms with Gasteiger partial charge in [0, 0.05) is 5.56 Å². The van der Waals surface area contributed by atoms with Crippen LogP contribution in [0.5, 0.6) is 0 Å². The highest BCUT2D eigenvalue weighted by molar-refractivity contribution is 6.32. The van der Waals surface area contributed by atoms with Crippen LogP contribution in [0.25, 0.3) is 5.69 Å². The van der Waals surface area contributed by atoms with Crippen molar-refractivity contribution in [1.82, 2.24) is 9.78 Å². The van der Waals surface area contributed by atoms with Crippen molar-refractivity contribution in [3.05, 3.63) is 40.2 Å². The Bertz CT molecular complexity index is 633. The van der Waals surface area contributed by atoms with E-state index in [1.54, 1.807) is 16.8 Å². The molecular weight excluding hydrogens is 252 g/mol. The maximum Gasteiger partial charge on any atom is 0.248 e. The van der Waals surface area contributed by atoms with Gasteiger partial charge in [-0.15, -0.1) is 0 Å². The lowest BCUT2D eigenvalue weighted by atomic mass is 10.2. The van der Waals surface area contributed by atoms with Crippen LogP contribution in [0.4, 0.5) is 5.69 Å². The molecule has 1 heterocycles. The summed E-state index contributed by atoms with van der Waals surface area (Å²) >= 11 is 6.13. The predicted octanol–water partition coefficient (Wildman–Crippen LogP) is 1.82. The van der Waals surface area contributed by atoms with E-state index in [-0.39, 0.29) is 0 Å². The summed E-state index contributed by atoms with van der Waals surface area (Å²) in [7, 11) is 0. The van der Waals surface area contributed by atoms with Gasteiger partial charge in [0.25, 0.3) is 0 Å². The molecular formula is C12H13ClN4O. The number of nitrogens with two attached hydrogens (primary N) is 2. The number of anilines is 1. The lowest BCUT2D eigenvalue weighted by Gasteiger charge is -2.07. The third kappa shape index (κ3) is 1.93. The topological polar surface area (TPSA) is 86.9 Å². The predicted molar refractivity (Wildman–Crippen MR) is 71.0 cm³/mol. The van der Waals surface area contributed by atoms with Crippen LogP contribution in [0.15, 0.2) is 18.2 Å². The zero-order valence-corrected chi connectivity index (χ0v) is 10.8. The molecule has 5 nitrogen and oxygen atoms in total. The summed E-state index contributed by atoms with van der Waals surface area (Å²) in [6.45, 7) is 3.68. The van der Waals surface area contributed by atoms with E-state index in [0.717, 1.165) is 11.4 Å². The van der Waals surface area contributed by atoms with Crippen LogP contribution in [0.2, 0.25) is 5.02 Å². The van der Waals surface area contributed by atoms with Crippen molar-refractivity contribution in [2.75, 3.05) is 5.73 Å². The molecule has 0 aliphatic heterocycles. The standard InChI is InChI=1S/C12H13ClN4O/c1-6-11(14)7(2)17(16-6)10-4-3-8(12(15)18)5-9(10)13/h3-5H,14H2,1-2H3,(H2,15,18). The second kappa shape index (κ2) is 4.34. The summed E-state index contributed by atoms with van der Waals surface area (Å²) in [5.41, 5.74) is 14.3. The second-order valence-corrected chi connectivity index (χ2v) is 4.43. The minimum Gasteiger partial charge on any atom is -0.396 e. The molecule has 0 atom stereocenters. The Kier molecular flexibility index (Phi) is 3.00. The zero-order chi connectivity index (χ0) is 13.4. The van der Waals surface area contributed by atoms with Crippen LogP contribution in [0.1, 0.15) is 21.7 Å². The molecule has 2 rings (SSSR count). The van der Waals surface area contributed by atoms with Crippen molar-refractivity contribution < 1.29 is 4.79 Å². The molecule has 0 aliphatic rings. The van der Waals surface area contributed by atoms with Crippen LogP contribution < -0.4 is 11.5 Å². The van der Waals surface area contributed by atoms with E-state index in [9.17, 15) is 4.79 Å². The molecule has 4 N–H and O–H groups in total. The number of halogens is 1. The molecule has 0 saturated carbocycles. The zero-order valence-electron chi connectivity index (χ0n) is 10.1. The summed E-state index contributed by atoms with van der Waals surface area (Å²) < 4.78 is 1.65. The number of aromatic nitrogens is 2. The van der Waals surface area contributed by atoms with Gasteiger partial charge in [0.05, 0.1) is 27.8 Å². The largest absolute Gasteiger partial charge is 0.396 e. The van der Waals surface area contributed by atoms with Crippen molar-refractivity contribution in [2.24, 2.45) is 5.73 Å². The van der Waals surface area contributed by atoms with Gasteiger partial charge in [-0.05, 0) is 32.0 Å². The molecule has 1 aromatic heterocycles. The smallest absolute Gasteiger partial charge is 0.248 e. The van der Waals surface area contributed by atoms with E-state index >= 15 is 0 Å². The van der Waals surface area contributed by atoms with E-state index in [0.29, 0.717) is 22.0 Å². The van der Waals surface area contributed by atoms with Gasteiger partial charge in [0.2, 0.25) is 5.91 Å². The van der Waals surface area contributed by atoms with Gasteiger partial charge in [-0.2, -0.15) is 5.10 Å². The van der Waals surface area contributed by atoms with Crippen LogP contribution in [0, 0.1) is 13.8 Å². The number of amides is 1. The number of rotatable bonds is 2. The average molecular weight is 265 g/mol. The Morgan fingerprint density at radius 2 is 2.06 bits per heavy atom. The number of aryl methyl sites for hydroxylation is 1. The molecule has 0 aliphatic carbocycles. The normalized spacial score (nSPS) is 10.6. The Balaban J connectivity index is 2.58. The van der Waals surface area contributed by atoms with Crippen molar-refractivity contribution in [3.8, 4) is 5.69 Å². The number of carbonyl (C=O) groups is 1. The Labute approximate surface area is 109 Å². The fourth-order valence-corrected chi connectivity index (χ4v) is 1.98. The maximum absolute atomic E-state index is 11.0. The van der Waals surface area contributed by atoms with Gasteiger partial charge < -0.3 is 11.5 Å². The number of nitrogens with zero attached hydrogens (tertiary/aromatic N) is 2. The highest BCUT2D eigenvalue weighted by Crippen LogP contribution is 2.25. The lowest BCUT2D eigenvalue weighted by molar-refractivity contribution is 0.100. The number of carbonyl (C=O) groups excluding carboxylic acids is 1. The summed E-state index contributed by atoms with van der Waals surface area (Å²) in [6, 6.07) is 4.82. The van der Waals surface area contributed by atoms with Crippen LogP contribution >= 0.6 is 11.6 Å². The van der Waals surface area contributed by atoms with Gasteiger partial charge >= 0.3 is 0 Å². The molecule has 0 fully saturated rings. The van der Waals surface area contributed by atoms with Gasteiger partial charge in [-0.3, -0.25) is 4.79 Å². The second-order valence-electron chi connectivity index (χ2n) is 4.03. The highest BCUT2D eigenvalue weighted by atomic mass is 35.5. The van der Waals surface area contributed by atoms with Crippen molar-refractivity contribution in [2.45, 2.75) is 13.8 Å². The number of hydrogen-bond donors (Lipinski definition) is 2. The molecule has 6 heteroatoms. The van der Waals surface area contributed by atoms with Gasteiger partial charge in [-0.1, -0.05) is 11.6 Å². The molecule has 2 aromatic rings. The maximum atomic E-state index is 11.0. The van der Waals surface area contributed by atoms with Gasteiger partial charge in [-0.25, -0.2) is 4.68 Å². The SMILES string of the molecule is Cc1nn(-c2ccc(C(N)=O)cc2Cl)c(C)c1N. The Morgan fingerprint density at radius 3 is 2.50 bits per heavy atom. The molecule has 0 bridgehead atoms. The molecule has 1 amide bonds. The molecule has 0 unspecified atom stereocenters. The molecule has 1 aromatic carbocycles. The first-order chi connectivity index (χ1) is 8.41. The van der Waals surface area contributed by atoms with Crippen molar-refractivity contribution in [1.29, 1.82) is 0 Å². The Hall–Kier alpha value is -2.01. The molecule has 0 saturated heterocycles. The average Bonchev–Trinajstić information content (AvgIpc) is 2.57. The minimum absolute atomic E-state index is 0.359. The summed E-state index contributed by atoms with van der Waals surface area (Å²) in [5, 5.41) is 4.71. The first kappa shape index (κ1) is 12.4. The summed E-state index contributed by atoms with van der Waals surface area (Å²) in [6.07, 6.45) is 0. The monoisotopic (exact) mass is 264 g/mol. The van der Waals surface area contributed by atoms with Crippen molar-refractivity contribution >= 4 is 23.2 Å². The van der Waals surface area contributed by atoms with E-state index in [4.69, 9.17) is 23.1 Å². The van der Waals surface area contributed by atoms with E-state index in [1.165, 1.54) is 6.07 Å². The van der Waals surface area contributed by atoms with Gasteiger partial charge in [0.1, 0.15) is 0 Å². The lowest BCUT2D eigenvalue weighted by Crippen LogP contribution is -2.11. The molecule has 94 valence electrons. The fourth-order valence-electron chi connectivity index (χ4n) is 1.72. The molecule has 0 radical (unpaired) electrons. The van der Waals surface area contributed by atoms with Crippen LogP contribution in [-0.2, 0) is 0 Å². The first-order valence-corrected chi connectivity index (χ1v) is 5.71. The molecule has 0 spiro atoms. The summed E-state index contributed by atoms with van der Waals surface area (Å²) in [5.74, 6) is -0.517. The number of benzene rings is 1. The van der Waals surface area contributed by atoms with E-state index in [1.807, 2.05) is 13.8 Å². The van der Waals surface area contributed by atoms with Crippen LogP contribution in [0.3, 0.4) is 0 Å². The first-order valence-electron chi connectivity index (χ1n) is 5.33. The highest BCUT2D eigenvalue weighted by Gasteiger charge is 2.13. The number of primary amides is 1. The third-order valence-electron chi connectivity index (χ3n) is 2.81. The van der Waals surface area contributed by atoms with E-state index in [2.05, 4.69) is 5.10 Å². The number of hydrogen-bond acceptors (Lipinski definition) is 3. The minimum atomic E-state index is -0.517. The van der Waals surface area contributed by atoms with Crippen molar-refractivity contribution in [3.63, 3.8) is 0 Å². The van der Waals surface area contributed by atoms with Crippen LogP contribution in [-0.4, -0.2) is 15.7 Å². The number of nitrogen functional groups attached to an aromatic ring is 1. The Morgan fingerprint density at radius 1 is 1.39 bits per heavy atom. The third-order valence-corrected chi connectivity index (χ3v) is 3.11. The molecule has 18 heavy (non-hydrogen) atoms.